The molecule has 0 fully saturated rings. The van der Waals surface area contributed by atoms with Crippen LogP contribution < -0.4 is 21.3 Å². The molecule has 4 amide bonds. The van der Waals surface area contributed by atoms with Crippen LogP contribution in [0.5, 0.6) is 0 Å². The van der Waals surface area contributed by atoms with Crippen LogP contribution in [0.4, 0.5) is 37.0 Å². The highest BCUT2D eigenvalue weighted by atomic mass is 19.1. The SMILES string of the molecule is CC(C)(C)c1ccnc(NC(=O)Nc2ccc(F)cc2)c1.Cc1ccc(NC(=O)Nc2cc(C(C)(C)C)ccn2)cc1. The molecule has 0 aliphatic rings. The number of aromatic nitrogens is 2. The first-order valence-corrected chi connectivity index (χ1v) is 13.6. The monoisotopic (exact) mass is 570 g/mol. The number of anilines is 4. The van der Waals surface area contributed by atoms with Gasteiger partial charge >= 0.3 is 12.1 Å². The maximum Gasteiger partial charge on any atom is 0.324 e. The lowest BCUT2D eigenvalue weighted by Gasteiger charge is -2.19. The molecule has 4 aromatic rings. The van der Waals surface area contributed by atoms with Crippen molar-refractivity contribution in [1.82, 2.24) is 9.97 Å². The number of halogens is 1. The van der Waals surface area contributed by atoms with Crippen molar-refractivity contribution in [2.45, 2.75) is 59.3 Å². The van der Waals surface area contributed by atoms with Crippen molar-refractivity contribution in [3.05, 3.63) is 108 Å². The quantitative estimate of drug-likeness (QED) is 0.197. The number of benzene rings is 2. The van der Waals surface area contributed by atoms with E-state index in [1.165, 1.54) is 24.3 Å². The largest absolute Gasteiger partial charge is 0.324 e. The third-order valence-electron chi connectivity index (χ3n) is 6.15. The Bertz CT molecular complexity index is 1380. The molecule has 0 spiro atoms. The van der Waals surface area contributed by atoms with Crippen LogP contribution in [-0.4, -0.2) is 22.0 Å². The number of rotatable bonds is 4. The van der Waals surface area contributed by atoms with Crippen molar-refractivity contribution in [2.75, 3.05) is 21.3 Å². The summed E-state index contributed by atoms with van der Waals surface area (Å²) in [5.41, 5.74) is 4.63. The van der Waals surface area contributed by atoms with Crippen molar-refractivity contribution in [3.8, 4) is 0 Å². The van der Waals surface area contributed by atoms with Crippen molar-refractivity contribution in [1.29, 1.82) is 0 Å². The predicted molar refractivity (Wildman–Crippen MR) is 169 cm³/mol. The number of urea groups is 2. The fourth-order valence-electron chi connectivity index (χ4n) is 3.66. The molecular formula is C33H39FN6O2. The summed E-state index contributed by atoms with van der Waals surface area (Å²) >= 11 is 0. The van der Waals surface area contributed by atoms with Crippen LogP contribution in [0.15, 0.2) is 85.2 Å². The van der Waals surface area contributed by atoms with Gasteiger partial charge in [-0.15, -0.1) is 0 Å². The van der Waals surface area contributed by atoms with Crippen molar-refractivity contribution in [3.63, 3.8) is 0 Å². The minimum atomic E-state index is -0.417. The number of hydrogen-bond acceptors (Lipinski definition) is 4. The van der Waals surface area contributed by atoms with Crippen LogP contribution in [-0.2, 0) is 10.8 Å². The van der Waals surface area contributed by atoms with E-state index < -0.39 is 6.03 Å². The number of aryl methyl sites for hydroxylation is 1. The number of nitrogens with one attached hydrogen (secondary N) is 4. The third kappa shape index (κ3) is 10.3. The molecule has 0 saturated carbocycles. The molecule has 8 nitrogen and oxygen atoms in total. The second-order valence-electron chi connectivity index (χ2n) is 11.9. The Hall–Kier alpha value is -4.79. The second-order valence-corrected chi connectivity index (χ2v) is 11.9. The van der Waals surface area contributed by atoms with Crippen LogP contribution in [0.3, 0.4) is 0 Å². The lowest BCUT2D eigenvalue weighted by molar-refractivity contribution is 0.261. The van der Waals surface area contributed by atoms with E-state index in [1.807, 2.05) is 55.5 Å². The molecule has 0 aliphatic carbocycles. The van der Waals surface area contributed by atoms with Gasteiger partial charge in [0.2, 0.25) is 0 Å². The summed E-state index contributed by atoms with van der Waals surface area (Å²) in [6.07, 6.45) is 3.37. The molecule has 0 bridgehead atoms. The van der Waals surface area contributed by atoms with Gasteiger partial charge in [0, 0.05) is 23.8 Å². The average Bonchev–Trinajstić information content (AvgIpc) is 2.91. The molecule has 42 heavy (non-hydrogen) atoms. The lowest BCUT2D eigenvalue weighted by Crippen LogP contribution is -2.21. The first-order chi connectivity index (χ1) is 19.7. The highest BCUT2D eigenvalue weighted by Gasteiger charge is 2.16. The number of hydrogen-bond donors (Lipinski definition) is 4. The highest BCUT2D eigenvalue weighted by molar-refractivity contribution is 5.99. The Morgan fingerprint density at radius 1 is 0.595 bits per heavy atom. The van der Waals surface area contributed by atoms with Crippen LogP contribution in [0.2, 0.25) is 0 Å². The maximum atomic E-state index is 12.8. The van der Waals surface area contributed by atoms with Crippen LogP contribution in [0, 0.1) is 12.7 Å². The minimum Gasteiger partial charge on any atom is -0.308 e. The molecule has 0 atom stereocenters. The van der Waals surface area contributed by atoms with Gasteiger partial charge in [-0.3, -0.25) is 10.6 Å². The zero-order valence-corrected chi connectivity index (χ0v) is 25.2. The number of carbonyl (C=O) groups excluding carboxylic acids is 2. The summed E-state index contributed by atoms with van der Waals surface area (Å²) in [5, 5.41) is 10.8. The van der Waals surface area contributed by atoms with E-state index in [0.29, 0.717) is 17.3 Å². The van der Waals surface area contributed by atoms with Crippen LogP contribution in [0.25, 0.3) is 0 Å². The summed E-state index contributed by atoms with van der Waals surface area (Å²) in [5.74, 6) is 0.676. The van der Waals surface area contributed by atoms with E-state index in [9.17, 15) is 14.0 Å². The molecule has 2 aromatic heterocycles. The molecule has 2 aromatic carbocycles. The van der Waals surface area contributed by atoms with Crippen LogP contribution >= 0.6 is 0 Å². The van der Waals surface area contributed by atoms with Crippen LogP contribution in [0.1, 0.15) is 58.2 Å². The van der Waals surface area contributed by atoms with E-state index in [-0.39, 0.29) is 22.7 Å². The molecule has 4 rings (SSSR count). The van der Waals surface area contributed by atoms with Crippen molar-refractivity contribution < 1.29 is 14.0 Å². The maximum absolute atomic E-state index is 12.8. The zero-order chi connectivity index (χ0) is 30.9. The lowest BCUT2D eigenvalue weighted by atomic mass is 9.88. The molecule has 0 radical (unpaired) electrons. The third-order valence-corrected chi connectivity index (χ3v) is 6.15. The normalized spacial score (nSPS) is 11.0. The first-order valence-electron chi connectivity index (χ1n) is 13.6. The van der Waals surface area contributed by atoms with E-state index >= 15 is 0 Å². The second kappa shape index (κ2) is 13.7. The van der Waals surface area contributed by atoms with E-state index in [4.69, 9.17) is 0 Å². The van der Waals surface area contributed by atoms with E-state index in [0.717, 1.165) is 22.4 Å². The van der Waals surface area contributed by atoms with Gasteiger partial charge in [0.25, 0.3) is 0 Å². The van der Waals surface area contributed by atoms with Gasteiger partial charge in [-0.2, -0.15) is 0 Å². The molecule has 0 unspecified atom stereocenters. The number of pyridine rings is 2. The van der Waals surface area contributed by atoms with Gasteiger partial charge in [-0.25, -0.2) is 23.9 Å². The van der Waals surface area contributed by atoms with Crippen molar-refractivity contribution >= 4 is 35.1 Å². The predicted octanol–water partition coefficient (Wildman–Crippen LogP) is 8.49. The fourth-order valence-corrected chi connectivity index (χ4v) is 3.66. The Balaban J connectivity index is 0.000000230. The fraction of sp³-hybridized carbons (Fsp3) is 0.273. The molecule has 220 valence electrons. The minimum absolute atomic E-state index is 0.0206. The Kier molecular flexibility index (Phi) is 10.4. The van der Waals surface area contributed by atoms with E-state index in [2.05, 4.69) is 72.8 Å². The van der Waals surface area contributed by atoms with Gasteiger partial charge in [-0.05, 0) is 89.5 Å². The average molecular weight is 571 g/mol. The number of nitrogens with zero attached hydrogens (tertiary/aromatic N) is 2. The molecule has 2 heterocycles. The summed E-state index contributed by atoms with van der Waals surface area (Å²) in [7, 11) is 0. The van der Waals surface area contributed by atoms with Gasteiger partial charge in [0.1, 0.15) is 17.5 Å². The standard InChI is InChI=1S/C17H21N3O.C16H18FN3O/c1-12-5-7-14(8-6-12)19-16(21)20-15-11-13(9-10-18-15)17(2,3)4;1-16(2,3)11-8-9-18-14(10-11)20-15(21)19-13-6-4-12(17)5-7-13/h5-11H,1-4H3,(H2,18,19,20,21);4-10H,1-3H3,(H2,18,19,20,21). The Morgan fingerprint density at radius 2 is 0.976 bits per heavy atom. The number of amides is 4. The Morgan fingerprint density at radius 3 is 1.36 bits per heavy atom. The van der Waals surface area contributed by atoms with Gasteiger partial charge < -0.3 is 10.6 Å². The Labute approximate surface area is 247 Å². The summed E-state index contributed by atoms with van der Waals surface area (Å²) < 4.78 is 12.8. The number of carbonyl (C=O) groups is 2. The van der Waals surface area contributed by atoms with Gasteiger partial charge in [0.15, 0.2) is 0 Å². The van der Waals surface area contributed by atoms with Gasteiger partial charge in [-0.1, -0.05) is 59.2 Å². The van der Waals surface area contributed by atoms with Gasteiger partial charge in [0.05, 0.1) is 0 Å². The molecular weight excluding hydrogens is 531 g/mol. The van der Waals surface area contributed by atoms with Crippen molar-refractivity contribution in [2.24, 2.45) is 0 Å². The zero-order valence-electron chi connectivity index (χ0n) is 25.2. The molecule has 9 heteroatoms. The smallest absolute Gasteiger partial charge is 0.308 e. The molecule has 0 saturated heterocycles. The summed E-state index contributed by atoms with van der Waals surface area (Å²) in [6, 6.07) is 20.1. The highest BCUT2D eigenvalue weighted by Crippen LogP contribution is 2.24. The molecule has 4 N–H and O–H groups in total. The molecule has 0 aliphatic heterocycles. The first kappa shape index (κ1) is 31.7. The summed E-state index contributed by atoms with van der Waals surface area (Å²) in [4.78, 5) is 32.1. The van der Waals surface area contributed by atoms with E-state index in [1.54, 1.807) is 12.4 Å². The topological polar surface area (TPSA) is 108 Å². The summed E-state index contributed by atoms with van der Waals surface area (Å²) in [6.45, 7) is 14.6.